The second-order valence-electron chi connectivity index (χ2n) is 4.99. The molecule has 0 aromatic carbocycles. The second-order valence-corrected chi connectivity index (χ2v) is 6.63. The Bertz CT molecular complexity index is 579. The number of hydrogen-bond acceptors (Lipinski definition) is 5. The maximum atomic E-state index is 11.8. The topological polar surface area (TPSA) is 74.2 Å². The number of amides is 2. The van der Waals surface area contributed by atoms with Gasteiger partial charge in [-0.2, -0.15) is 11.3 Å². The maximum Gasteiger partial charge on any atom is 0.321 e. The van der Waals surface area contributed by atoms with Gasteiger partial charge in [-0.05, 0) is 35.7 Å². The smallest absolute Gasteiger partial charge is 0.321 e. The molecular formula is C14H19N3O2S2. The highest BCUT2D eigenvalue weighted by atomic mass is 32.1. The summed E-state index contributed by atoms with van der Waals surface area (Å²) >= 11 is 2.92. The van der Waals surface area contributed by atoms with Gasteiger partial charge in [0.15, 0.2) is 5.13 Å². The van der Waals surface area contributed by atoms with E-state index in [1.54, 1.807) is 6.92 Å². The van der Waals surface area contributed by atoms with Gasteiger partial charge in [0, 0.05) is 5.38 Å². The molecule has 0 radical (unpaired) electrons. The van der Waals surface area contributed by atoms with Crippen molar-refractivity contribution in [3.05, 3.63) is 33.5 Å². The van der Waals surface area contributed by atoms with Gasteiger partial charge in [-0.1, -0.05) is 13.3 Å². The standard InChI is InChI=1S/C14H19N3O2S2/c1-3-4-11-8-21-13(16-11)17-12(18)15-9-14(2,19)10-5-6-20-7-10/h5-8,19H,3-4,9H2,1-2H3,(H2,15,16,17,18). The summed E-state index contributed by atoms with van der Waals surface area (Å²) in [7, 11) is 0. The molecule has 0 fully saturated rings. The number of carbonyl (C=O) groups excluding carboxylic acids is 1. The number of urea groups is 1. The fraction of sp³-hybridized carbons (Fsp3) is 0.429. The molecule has 1 atom stereocenters. The van der Waals surface area contributed by atoms with Crippen LogP contribution in [0.2, 0.25) is 0 Å². The van der Waals surface area contributed by atoms with Crippen LogP contribution in [0, 0.1) is 0 Å². The lowest BCUT2D eigenvalue weighted by Gasteiger charge is -2.22. The number of rotatable bonds is 6. The largest absolute Gasteiger partial charge is 0.384 e. The zero-order valence-corrected chi connectivity index (χ0v) is 13.7. The molecule has 0 aliphatic rings. The van der Waals surface area contributed by atoms with Gasteiger partial charge in [-0.15, -0.1) is 11.3 Å². The van der Waals surface area contributed by atoms with Crippen molar-refractivity contribution in [2.75, 3.05) is 11.9 Å². The van der Waals surface area contributed by atoms with E-state index in [4.69, 9.17) is 0 Å². The first-order valence-electron chi connectivity index (χ1n) is 6.75. The molecule has 0 aliphatic heterocycles. The fourth-order valence-electron chi connectivity index (χ4n) is 1.80. The van der Waals surface area contributed by atoms with E-state index in [0.29, 0.717) is 5.13 Å². The van der Waals surface area contributed by atoms with E-state index >= 15 is 0 Å². The third-order valence-electron chi connectivity index (χ3n) is 3.01. The van der Waals surface area contributed by atoms with Crippen molar-refractivity contribution in [1.82, 2.24) is 10.3 Å². The minimum Gasteiger partial charge on any atom is -0.384 e. The van der Waals surface area contributed by atoms with E-state index in [9.17, 15) is 9.90 Å². The molecule has 0 saturated carbocycles. The molecule has 114 valence electrons. The molecule has 2 aromatic rings. The van der Waals surface area contributed by atoms with Crippen LogP contribution in [-0.4, -0.2) is 22.7 Å². The quantitative estimate of drug-likeness (QED) is 0.763. The van der Waals surface area contributed by atoms with Gasteiger partial charge in [0.2, 0.25) is 0 Å². The van der Waals surface area contributed by atoms with Gasteiger partial charge in [0.1, 0.15) is 5.60 Å². The summed E-state index contributed by atoms with van der Waals surface area (Å²) < 4.78 is 0. The minimum absolute atomic E-state index is 0.142. The fourth-order valence-corrected chi connectivity index (χ4v) is 3.32. The Morgan fingerprint density at radius 2 is 2.29 bits per heavy atom. The van der Waals surface area contributed by atoms with Gasteiger partial charge in [-0.25, -0.2) is 9.78 Å². The Kier molecular flexibility index (Phi) is 5.33. The lowest BCUT2D eigenvalue weighted by Crippen LogP contribution is -2.40. The SMILES string of the molecule is CCCc1csc(NC(=O)NCC(C)(O)c2ccsc2)n1. The van der Waals surface area contributed by atoms with E-state index in [0.717, 1.165) is 24.1 Å². The minimum atomic E-state index is -1.08. The van der Waals surface area contributed by atoms with E-state index in [2.05, 4.69) is 22.5 Å². The van der Waals surface area contributed by atoms with Gasteiger partial charge in [0.05, 0.1) is 12.2 Å². The molecule has 2 heterocycles. The van der Waals surface area contributed by atoms with Crippen molar-refractivity contribution in [2.24, 2.45) is 0 Å². The number of aryl methyl sites for hydroxylation is 1. The molecule has 1 unspecified atom stereocenters. The van der Waals surface area contributed by atoms with Crippen LogP contribution >= 0.6 is 22.7 Å². The number of hydrogen-bond donors (Lipinski definition) is 3. The number of aliphatic hydroxyl groups is 1. The van der Waals surface area contributed by atoms with Crippen molar-refractivity contribution in [3.63, 3.8) is 0 Å². The first-order valence-corrected chi connectivity index (χ1v) is 8.58. The highest BCUT2D eigenvalue weighted by Crippen LogP contribution is 2.22. The summed E-state index contributed by atoms with van der Waals surface area (Å²) in [5, 5.41) is 22.0. The first kappa shape index (κ1) is 15.9. The van der Waals surface area contributed by atoms with Crippen LogP contribution in [0.1, 0.15) is 31.5 Å². The van der Waals surface area contributed by atoms with Crippen LogP contribution in [-0.2, 0) is 12.0 Å². The molecule has 0 spiro atoms. The van der Waals surface area contributed by atoms with E-state index in [1.807, 2.05) is 22.2 Å². The Labute approximate surface area is 132 Å². The van der Waals surface area contributed by atoms with Crippen molar-refractivity contribution < 1.29 is 9.90 Å². The van der Waals surface area contributed by atoms with Gasteiger partial charge >= 0.3 is 6.03 Å². The summed E-state index contributed by atoms with van der Waals surface area (Å²) in [4.78, 5) is 16.2. The number of aromatic nitrogens is 1. The van der Waals surface area contributed by atoms with Crippen LogP contribution in [0.4, 0.5) is 9.93 Å². The monoisotopic (exact) mass is 325 g/mol. The van der Waals surface area contributed by atoms with Crippen LogP contribution in [0.3, 0.4) is 0 Å². The van der Waals surface area contributed by atoms with Crippen LogP contribution in [0.5, 0.6) is 0 Å². The third kappa shape index (κ3) is 4.52. The molecule has 0 aliphatic carbocycles. The average Bonchev–Trinajstić information content (AvgIpc) is 3.09. The Hall–Kier alpha value is -1.44. The average molecular weight is 325 g/mol. The molecule has 2 amide bonds. The maximum absolute atomic E-state index is 11.8. The van der Waals surface area contributed by atoms with Gasteiger partial charge in [-0.3, -0.25) is 5.32 Å². The lowest BCUT2D eigenvalue weighted by molar-refractivity contribution is 0.0604. The van der Waals surface area contributed by atoms with Gasteiger partial charge in [0.25, 0.3) is 0 Å². The molecule has 7 heteroatoms. The van der Waals surface area contributed by atoms with Crippen LogP contribution in [0.15, 0.2) is 22.2 Å². The number of nitrogens with zero attached hydrogens (tertiary/aromatic N) is 1. The van der Waals surface area contributed by atoms with Crippen molar-refractivity contribution in [3.8, 4) is 0 Å². The van der Waals surface area contributed by atoms with Crippen molar-refractivity contribution in [1.29, 1.82) is 0 Å². The van der Waals surface area contributed by atoms with E-state index < -0.39 is 5.60 Å². The predicted molar refractivity (Wildman–Crippen MR) is 87.0 cm³/mol. The predicted octanol–water partition coefficient (Wildman–Crippen LogP) is 3.19. The highest BCUT2D eigenvalue weighted by molar-refractivity contribution is 7.13. The lowest BCUT2D eigenvalue weighted by atomic mass is 9.99. The number of thiazole rings is 1. The highest BCUT2D eigenvalue weighted by Gasteiger charge is 2.24. The first-order chi connectivity index (χ1) is 10.0. The van der Waals surface area contributed by atoms with Crippen molar-refractivity contribution in [2.45, 2.75) is 32.3 Å². The Morgan fingerprint density at radius 1 is 1.48 bits per heavy atom. The summed E-state index contributed by atoms with van der Waals surface area (Å²) in [5.74, 6) is 0. The summed E-state index contributed by atoms with van der Waals surface area (Å²) in [6.07, 6.45) is 1.94. The number of nitrogens with one attached hydrogen (secondary N) is 2. The Balaban J connectivity index is 1.84. The summed E-state index contributed by atoms with van der Waals surface area (Å²) in [5.41, 5.74) is 0.712. The van der Waals surface area contributed by atoms with Gasteiger partial charge < -0.3 is 10.4 Å². The van der Waals surface area contributed by atoms with Crippen LogP contribution in [0.25, 0.3) is 0 Å². The van der Waals surface area contributed by atoms with E-state index in [1.165, 1.54) is 22.7 Å². The molecule has 0 bridgehead atoms. The zero-order chi connectivity index (χ0) is 15.3. The molecule has 0 saturated heterocycles. The summed E-state index contributed by atoms with van der Waals surface area (Å²) in [6.45, 7) is 3.91. The second kappa shape index (κ2) is 7.02. The molecule has 3 N–H and O–H groups in total. The molecule has 21 heavy (non-hydrogen) atoms. The third-order valence-corrected chi connectivity index (χ3v) is 4.50. The molecular weight excluding hydrogens is 306 g/mol. The number of thiophene rings is 1. The van der Waals surface area contributed by atoms with Crippen molar-refractivity contribution >= 4 is 33.8 Å². The van der Waals surface area contributed by atoms with E-state index in [-0.39, 0.29) is 12.6 Å². The molecule has 5 nitrogen and oxygen atoms in total. The zero-order valence-electron chi connectivity index (χ0n) is 12.0. The Morgan fingerprint density at radius 3 is 2.95 bits per heavy atom. The van der Waals surface area contributed by atoms with Crippen LogP contribution < -0.4 is 10.6 Å². The molecule has 2 rings (SSSR count). The molecule has 2 aromatic heterocycles. The number of anilines is 1. The number of carbonyl (C=O) groups is 1. The summed E-state index contributed by atoms with van der Waals surface area (Å²) in [6, 6.07) is 1.49. The normalized spacial score (nSPS) is 13.7.